The lowest BCUT2D eigenvalue weighted by molar-refractivity contribution is -0.114. The maximum Gasteiger partial charge on any atom is 0.269 e. The summed E-state index contributed by atoms with van der Waals surface area (Å²) >= 11 is 1.45. The molecule has 0 spiro atoms. The molecule has 0 aliphatic heterocycles. The highest BCUT2D eigenvalue weighted by atomic mass is 32.1. The molecule has 0 saturated heterocycles. The van der Waals surface area contributed by atoms with Gasteiger partial charge in [-0.15, -0.1) is 10.2 Å². The lowest BCUT2D eigenvalue weighted by atomic mass is 10.00. The van der Waals surface area contributed by atoms with E-state index in [0.717, 1.165) is 16.7 Å². The normalized spacial score (nSPS) is 10.7. The maximum absolute atomic E-state index is 12.9. The lowest BCUT2D eigenvalue weighted by Gasteiger charge is -2.03. The standard InChI is InChI=1S/C15H11FN4O2S/c16-12-3-1-9(2-4-12)5-10-7-23-8-11(10)6-13(21)14(22)15-17-19-20-18-15/h1-4,7-8H,5-6H2,(H,17,18,19,20). The van der Waals surface area contributed by atoms with Crippen molar-refractivity contribution in [1.29, 1.82) is 0 Å². The van der Waals surface area contributed by atoms with Crippen molar-refractivity contribution < 1.29 is 14.0 Å². The van der Waals surface area contributed by atoms with E-state index >= 15 is 0 Å². The van der Waals surface area contributed by atoms with Crippen molar-refractivity contribution in [2.24, 2.45) is 0 Å². The summed E-state index contributed by atoms with van der Waals surface area (Å²) in [6, 6.07) is 6.19. The summed E-state index contributed by atoms with van der Waals surface area (Å²) in [7, 11) is 0. The van der Waals surface area contributed by atoms with E-state index in [1.807, 2.05) is 10.8 Å². The van der Waals surface area contributed by atoms with Crippen LogP contribution in [0.15, 0.2) is 35.0 Å². The zero-order valence-electron chi connectivity index (χ0n) is 11.8. The molecule has 0 unspecified atom stereocenters. The van der Waals surface area contributed by atoms with Gasteiger partial charge in [0, 0.05) is 6.42 Å². The van der Waals surface area contributed by atoms with Gasteiger partial charge in [-0.05, 0) is 51.2 Å². The van der Waals surface area contributed by atoms with E-state index in [-0.39, 0.29) is 18.1 Å². The van der Waals surface area contributed by atoms with Crippen molar-refractivity contribution in [1.82, 2.24) is 20.6 Å². The molecule has 0 radical (unpaired) electrons. The number of aromatic nitrogens is 4. The molecular formula is C15H11FN4O2S. The van der Waals surface area contributed by atoms with Crippen LogP contribution < -0.4 is 0 Å². The number of hydrogen-bond acceptors (Lipinski definition) is 6. The molecule has 2 heterocycles. The van der Waals surface area contributed by atoms with Crippen LogP contribution in [0.4, 0.5) is 4.39 Å². The Kier molecular flexibility index (Phi) is 4.33. The van der Waals surface area contributed by atoms with Crippen LogP contribution in [0.5, 0.6) is 0 Å². The van der Waals surface area contributed by atoms with Crippen LogP contribution >= 0.6 is 11.3 Å². The number of nitrogens with one attached hydrogen (secondary N) is 1. The molecule has 0 atom stereocenters. The Hall–Kier alpha value is -2.74. The molecule has 0 amide bonds. The second-order valence-corrected chi connectivity index (χ2v) is 5.63. The first-order valence-corrected chi connectivity index (χ1v) is 7.67. The van der Waals surface area contributed by atoms with Gasteiger partial charge in [-0.1, -0.05) is 12.1 Å². The van der Waals surface area contributed by atoms with Crippen LogP contribution in [0.3, 0.4) is 0 Å². The van der Waals surface area contributed by atoms with E-state index in [1.54, 1.807) is 12.1 Å². The second kappa shape index (κ2) is 6.57. The molecule has 0 aliphatic rings. The Morgan fingerprint density at radius 2 is 1.87 bits per heavy atom. The first-order chi connectivity index (χ1) is 11.1. The van der Waals surface area contributed by atoms with E-state index in [0.29, 0.717) is 6.42 Å². The van der Waals surface area contributed by atoms with Crippen molar-refractivity contribution >= 4 is 22.9 Å². The summed E-state index contributed by atoms with van der Waals surface area (Å²) in [6.45, 7) is 0. The highest BCUT2D eigenvalue weighted by Crippen LogP contribution is 2.20. The number of carbonyl (C=O) groups is 2. The van der Waals surface area contributed by atoms with Crippen molar-refractivity contribution in [3.63, 3.8) is 0 Å². The maximum atomic E-state index is 12.9. The number of aromatic amines is 1. The third-order valence-corrected chi connectivity index (χ3v) is 4.13. The number of carbonyl (C=O) groups excluding carboxylic acids is 2. The molecular weight excluding hydrogens is 319 g/mol. The number of nitrogens with zero attached hydrogens (tertiary/aromatic N) is 3. The molecule has 0 bridgehead atoms. The van der Waals surface area contributed by atoms with Gasteiger partial charge in [-0.3, -0.25) is 9.59 Å². The third-order valence-electron chi connectivity index (χ3n) is 3.29. The predicted octanol–water partition coefficient (Wildman–Crippen LogP) is 1.99. The average molecular weight is 330 g/mol. The quantitative estimate of drug-likeness (QED) is 0.551. The van der Waals surface area contributed by atoms with Gasteiger partial charge in [0.2, 0.25) is 11.6 Å². The summed E-state index contributed by atoms with van der Waals surface area (Å²) in [6.07, 6.45) is 0.552. The summed E-state index contributed by atoms with van der Waals surface area (Å²) in [5.74, 6) is -1.88. The van der Waals surface area contributed by atoms with E-state index in [4.69, 9.17) is 0 Å². The zero-order valence-corrected chi connectivity index (χ0v) is 12.6. The smallest absolute Gasteiger partial charge is 0.269 e. The molecule has 0 saturated carbocycles. The SMILES string of the molecule is O=C(Cc1cscc1Cc1ccc(F)cc1)C(=O)c1nn[nH]n1. The number of ketones is 2. The number of rotatable bonds is 6. The van der Waals surface area contributed by atoms with Crippen molar-refractivity contribution in [2.75, 3.05) is 0 Å². The van der Waals surface area contributed by atoms with Gasteiger partial charge in [0.25, 0.3) is 5.78 Å². The van der Waals surface area contributed by atoms with Crippen LogP contribution in [0.25, 0.3) is 0 Å². The van der Waals surface area contributed by atoms with Gasteiger partial charge in [0.05, 0.1) is 0 Å². The van der Waals surface area contributed by atoms with Crippen LogP contribution in [0.2, 0.25) is 0 Å². The number of thiophene rings is 1. The van der Waals surface area contributed by atoms with Crippen LogP contribution in [-0.4, -0.2) is 32.2 Å². The van der Waals surface area contributed by atoms with Crippen molar-refractivity contribution in [3.8, 4) is 0 Å². The first kappa shape index (κ1) is 15.2. The minimum absolute atomic E-state index is 0.0204. The van der Waals surface area contributed by atoms with E-state index < -0.39 is 11.6 Å². The van der Waals surface area contributed by atoms with Crippen LogP contribution in [0, 0.1) is 5.82 Å². The highest BCUT2D eigenvalue weighted by molar-refractivity contribution is 7.08. The molecule has 23 heavy (non-hydrogen) atoms. The Balaban J connectivity index is 1.72. The van der Waals surface area contributed by atoms with Gasteiger partial charge in [0.1, 0.15) is 5.82 Å². The van der Waals surface area contributed by atoms with Gasteiger partial charge in [-0.25, -0.2) is 4.39 Å². The Morgan fingerprint density at radius 1 is 1.13 bits per heavy atom. The summed E-state index contributed by atoms with van der Waals surface area (Å²) in [5, 5.41) is 16.2. The van der Waals surface area contributed by atoms with Gasteiger partial charge in [0.15, 0.2) is 0 Å². The van der Waals surface area contributed by atoms with E-state index in [1.165, 1.54) is 23.5 Å². The van der Waals surface area contributed by atoms with Crippen molar-refractivity contribution in [2.45, 2.75) is 12.8 Å². The second-order valence-electron chi connectivity index (χ2n) is 4.89. The lowest BCUT2D eigenvalue weighted by Crippen LogP contribution is -2.18. The molecule has 3 rings (SSSR count). The number of benzene rings is 1. The molecule has 116 valence electrons. The Labute approximate surface area is 134 Å². The minimum atomic E-state index is -0.766. The van der Waals surface area contributed by atoms with Gasteiger partial charge < -0.3 is 0 Å². The fourth-order valence-electron chi connectivity index (χ4n) is 2.12. The number of tetrazole rings is 1. The fraction of sp³-hybridized carbons (Fsp3) is 0.133. The first-order valence-electron chi connectivity index (χ1n) is 6.73. The average Bonchev–Trinajstić information content (AvgIpc) is 3.21. The molecule has 0 aliphatic carbocycles. The highest BCUT2D eigenvalue weighted by Gasteiger charge is 2.22. The van der Waals surface area contributed by atoms with Crippen LogP contribution in [-0.2, 0) is 17.6 Å². The number of Topliss-reactive ketones (excluding diaryl/α,β-unsaturated/α-hetero) is 2. The van der Waals surface area contributed by atoms with Crippen LogP contribution in [0.1, 0.15) is 27.3 Å². The number of H-pyrrole nitrogens is 1. The summed E-state index contributed by atoms with van der Waals surface area (Å²) < 4.78 is 12.9. The molecule has 0 fully saturated rings. The number of hydrogen-bond donors (Lipinski definition) is 1. The molecule has 1 aromatic carbocycles. The van der Waals surface area contributed by atoms with E-state index in [2.05, 4.69) is 20.6 Å². The van der Waals surface area contributed by atoms with Crippen molar-refractivity contribution in [3.05, 3.63) is 63.4 Å². The zero-order chi connectivity index (χ0) is 16.2. The summed E-state index contributed by atoms with van der Waals surface area (Å²) in [4.78, 5) is 23.9. The fourth-order valence-corrected chi connectivity index (χ4v) is 2.98. The third kappa shape index (κ3) is 3.54. The van der Waals surface area contributed by atoms with E-state index in [9.17, 15) is 14.0 Å². The molecule has 8 heteroatoms. The Bertz CT molecular complexity index is 828. The molecule has 2 aromatic heterocycles. The predicted molar refractivity (Wildman–Crippen MR) is 80.7 cm³/mol. The summed E-state index contributed by atoms with van der Waals surface area (Å²) in [5.41, 5.74) is 2.65. The van der Waals surface area contributed by atoms with Gasteiger partial charge >= 0.3 is 0 Å². The van der Waals surface area contributed by atoms with Gasteiger partial charge in [-0.2, -0.15) is 16.6 Å². The monoisotopic (exact) mass is 330 g/mol. The topological polar surface area (TPSA) is 88.6 Å². The molecule has 3 aromatic rings. The molecule has 6 nitrogen and oxygen atoms in total. The minimum Gasteiger partial charge on any atom is -0.290 e. The largest absolute Gasteiger partial charge is 0.290 e. The number of halogens is 1. The Morgan fingerprint density at radius 3 is 2.57 bits per heavy atom. The molecule has 1 N–H and O–H groups in total.